The Morgan fingerprint density at radius 2 is 1.80 bits per heavy atom. The van der Waals surface area contributed by atoms with E-state index in [1.54, 1.807) is 12.3 Å². The number of nitrogens with zero attached hydrogens (tertiary/aromatic N) is 1. The third-order valence-corrected chi connectivity index (χ3v) is 3.39. The number of pyridine rings is 1. The van der Waals surface area contributed by atoms with Gasteiger partial charge >= 0.3 is 0 Å². The number of halogens is 4. The van der Waals surface area contributed by atoms with Gasteiger partial charge in [0.1, 0.15) is 5.69 Å². The van der Waals surface area contributed by atoms with Crippen molar-refractivity contribution >= 4 is 5.69 Å². The molecule has 0 amide bonds. The van der Waals surface area contributed by atoms with E-state index in [2.05, 4.69) is 10.3 Å². The lowest BCUT2D eigenvalue weighted by atomic mass is 10.2. The summed E-state index contributed by atoms with van der Waals surface area (Å²) in [5.74, 6) is -5.70. The molecule has 20 heavy (non-hydrogen) atoms. The van der Waals surface area contributed by atoms with Gasteiger partial charge in [-0.3, -0.25) is 4.98 Å². The molecule has 0 aliphatic heterocycles. The van der Waals surface area contributed by atoms with E-state index < -0.39 is 35.0 Å². The number of hydrogen-bond acceptors (Lipinski definition) is 2. The Hall–Kier alpha value is -2.11. The molecule has 1 atom stereocenters. The summed E-state index contributed by atoms with van der Waals surface area (Å²) >= 11 is 0. The zero-order valence-electron chi connectivity index (χ0n) is 10.3. The molecule has 3 rings (SSSR count). The van der Waals surface area contributed by atoms with Gasteiger partial charge in [-0.15, -0.1) is 0 Å². The van der Waals surface area contributed by atoms with Crippen LogP contribution in [0.2, 0.25) is 0 Å². The quantitative estimate of drug-likeness (QED) is 0.670. The molecule has 1 aromatic heterocycles. The highest BCUT2D eigenvalue weighted by molar-refractivity contribution is 5.50. The predicted octanol–water partition coefficient (Wildman–Crippen LogP) is 3.74. The molecule has 1 heterocycles. The minimum atomic E-state index is -1.43. The number of aromatic nitrogens is 1. The van der Waals surface area contributed by atoms with Crippen LogP contribution in [0.25, 0.3) is 0 Å². The van der Waals surface area contributed by atoms with Crippen molar-refractivity contribution in [1.82, 2.24) is 4.98 Å². The number of benzene rings is 1. The Balaban J connectivity index is 1.98. The zero-order chi connectivity index (χ0) is 14.3. The first-order valence-electron chi connectivity index (χ1n) is 6.11. The molecule has 0 bridgehead atoms. The number of anilines is 1. The molecule has 1 aliphatic carbocycles. The molecule has 0 radical (unpaired) electrons. The number of fused-ring (bicyclic) bond motifs is 1. The molecule has 1 unspecified atom stereocenters. The number of nitrogens with one attached hydrogen (secondary N) is 1. The summed E-state index contributed by atoms with van der Waals surface area (Å²) in [4.78, 5) is 4.15. The Labute approximate surface area is 112 Å². The minimum absolute atomic E-state index is 0.191. The first-order chi connectivity index (χ1) is 9.58. The summed E-state index contributed by atoms with van der Waals surface area (Å²) in [6.07, 6.45) is 2.82. The van der Waals surface area contributed by atoms with Gasteiger partial charge in [-0.1, -0.05) is 6.07 Å². The molecular weight excluding hydrogens is 272 g/mol. The molecule has 1 aromatic carbocycles. The van der Waals surface area contributed by atoms with Crippen molar-refractivity contribution in [2.75, 3.05) is 5.32 Å². The van der Waals surface area contributed by atoms with E-state index in [0.717, 1.165) is 5.56 Å². The normalized spacial score (nSPS) is 17.1. The van der Waals surface area contributed by atoms with E-state index in [4.69, 9.17) is 0 Å². The molecule has 0 saturated heterocycles. The average molecular weight is 282 g/mol. The summed E-state index contributed by atoms with van der Waals surface area (Å²) in [5, 5.41) is 2.52. The van der Waals surface area contributed by atoms with E-state index in [1.165, 1.54) is 0 Å². The van der Waals surface area contributed by atoms with Gasteiger partial charge < -0.3 is 5.32 Å². The molecule has 6 heteroatoms. The molecule has 1 N–H and O–H groups in total. The Kier molecular flexibility index (Phi) is 3.08. The summed E-state index contributed by atoms with van der Waals surface area (Å²) in [6.45, 7) is 0. The van der Waals surface area contributed by atoms with Crippen LogP contribution in [0.3, 0.4) is 0 Å². The van der Waals surface area contributed by atoms with Gasteiger partial charge in [0.05, 0.1) is 11.7 Å². The van der Waals surface area contributed by atoms with Crippen LogP contribution in [0.5, 0.6) is 0 Å². The van der Waals surface area contributed by atoms with Gasteiger partial charge in [0, 0.05) is 12.3 Å². The number of rotatable bonds is 2. The van der Waals surface area contributed by atoms with Crippen LogP contribution < -0.4 is 5.32 Å². The van der Waals surface area contributed by atoms with Crippen LogP contribution in [0.4, 0.5) is 23.2 Å². The van der Waals surface area contributed by atoms with Crippen LogP contribution >= 0.6 is 0 Å². The van der Waals surface area contributed by atoms with E-state index in [-0.39, 0.29) is 6.07 Å². The fourth-order valence-electron chi connectivity index (χ4n) is 2.43. The SMILES string of the molecule is Fc1cc(F)c(F)c(NC2CCc3cccnc32)c1F. The van der Waals surface area contributed by atoms with Crippen LogP contribution in [-0.2, 0) is 6.42 Å². The zero-order valence-corrected chi connectivity index (χ0v) is 10.3. The smallest absolute Gasteiger partial charge is 0.185 e. The van der Waals surface area contributed by atoms with E-state index in [9.17, 15) is 17.6 Å². The average Bonchev–Trinajstić information content (AvgIpc) is 2.85. The number of hydrogen-bond donors (Lipinski definition) is 1. The van der Waals surface area contributed by atoms with Crippen molar-refractivity contribution in [3.05, 3.63) is 58.9 Å². The first kappa shape index (κ1) is 12.9. The van der Waals surface area contributed by atoms with Gasteiger partial charge in [-0.25, -0.2) is 17.6 Å². The maximum atomic E-state index is 13.6. The standard InChI is InChI=1S/C14H10F4N2/c15-8-6-9(16)12(18)14(11(8)17)20-10-4-3-7-2-1-5-19-13(7)10/h1-2,5-6,10,20H,3-4H2. The van der Waals surface area contributed by atoms with E-state index in [1.807, 2.05) is 6.07 Å². The van der Waals surface area contributed by atoms with E-state index >= 15 is 0 Å². The van der Waals surface area contributed by atoms with Gasteiger partial charge in [-0.05, 0) is 24.5 Å². The fourth-order valence-corrected chi connectivity index (χ4v) is 2.43. The molecule has 1 aliphatic rings. The second kappa shape index (κ2) is 4.77. The van der Waals surface area contributed by atoms with Gasteiger partial charge in [0.15, 0.2) is 23.3 Å². The predicted molar refractivity (Wildman–Crippen MR) is 65.2 cm³/mol. The topological polar surface area (TPSA) is 24.9 Å². The van der Waals surface area contributed by atoms with Crippen molar-refractivity contribution in [2.45, 2.75) is 18.9 Å². The third kappa shape index (κ3) is 2.01. The van der Waals surface area contributed by atoms with E-state index in [0.29, 0.717) is 18.5 Å². The monoisotopic (exact) mass is 282 g/mol. The lowest BCUT2D eigenvalue weighted by Gasteiger charge is -2.16. The number of aryl methyl sites for hydroxylation is 1. The Morgan fingerprint density at radius 3 is 2.50 bits per heavy atom. The van der Waals surface area contributed by atoms with Crippen LogP contribution in [-0.4, -0.2) is 4.98 Å². The molecule has 0 saturated carbocycles. The fraction of sp³-hybridized carbons (Fsp3) is 0.214. The van der Waals surface area contributed by atoms with Crippen molar-refractivity contribution in [2.24, 2.45) is 0 Å². The molecule has 2 aromatic rings. The first-order valence-corrected chi connectivity index (χ1v) is 6.11. The Bertz CT molecular complexity index is 646. The molecule has 0 spiro atoms. The summed E-state index contributed by atoms with van der Waals surface area (Å²) in [7, 11) is 0. The van der Waals surface area contributed by atoms with Crippen molar-refractivity contribution in [1.29, 1.82) is 0 Å². The molecular formula is C14H10F4N2. The second-order valence-corrected chi connectivity index (χ2v) is 4.63. The van der Waals surface area contributed by atoms with Crippen LogP contribution in [0, 0.1) is 23.3 Å². The molecule has 104 valence electrons. The van der Waals surface area contributed by atoms with Crippen LogP contribution in [0.1, 0.15) is 23.7 Å². The van der Waals surface area contributed by atoms with Crippen molar-refractivity contribution in [3.63, 3.8) is 0 Å². The van der Waals surface area contributed by atoms with Crippen LogP contribution in [0.15, 0.2) is 24.4 Å². The maximum Gasteiger partial charge on any atom is 0.185 e. The lowest BCUT2D eigenvalue weighted by molar-refractivity contribution is 0.456. The van der Waals surface area contributed by atoms with Gasteiger partial charge in [0.25, 0.3) is 0 Å². The van der Waals surface area contributed by atoms with Gasteiger partial charge in [0.2, 0.25) is 0 Å². The molecule has 0 fully saturated rings. The third-order valence-electron chi connectivity index (χ3n) is 3.39. The highest BCUT2D eigenvalue weighted by Gasteiger charge is 2.27. The summed E-state index contributed by atoms with van der Waals surface area (Å²) in [5.41, 5.74) is 0.824. The molecule has 2 nitrogen and oxygen atoms in total. The minimum Gasteiger partial charge on any atom is -0.372 e. The summed E-state index contributed by atoms with van der Waals surface area (Å²) in [6, 6.07) is 3.36. The lowest BCUT2D eigenvalue weighted by Crippen LogP contribution is -2.13. The second-order valence-electron chi connectivity index (χ2n) is 4.63. The highest BCUT2D eigenvalue weighted by atomic mass is 19.2. The van der Waals surface area contributed by atoms with Crippen molar-refractivity contribution in [3.8, 4) is 0 Å². The largest absolute Gasteiger partial charge is 0.372 e. The maximum absolute atomic E-state index is 13.6. The van der Waals surface area contributed by atoms with Crippen molar-refractivity contribution < 1.29 is 17.6 Å². The Morgan fingerprint density at radius 1 is 1.10 bits per heavy atom. The highest BCUT2D eigenvalue weighted by Crippen LogP contribution is 2.34. The summed E-state index contributed by atoms with van der Waals surface area (Å²) < 4.78 is 53.5. The van der Waals surface area contributed by atoms with Gasteiger partial charge in [-0.2, -0.15) is 0 Å².